The third-order valence-electron chi connectivity index (χ3n) is 6.26. The van der Waals surface area contributed by atoms with Gasteiger partial charge in [0.05, 0.1) is 6.20 Å². The maximum Gasteiger partial charge on any atom is 0.317 e. The zero-order valence-corrected chi connectivity index (χ0v) is 14.8. The van der Waals surface area contributed by atoms with E-state index >= 15 is 0 Å². The van der Waals surface area contributed by atoms with Crippen LogP contribution >= 0.6 is 0 Å². The Hall–Kier alpha value is -1.52. The lowest BCUT2D eigenvalue weighted by Gasteiger charge is -2.22. The Labute approximate surface area is 144 Å². The molecular formula is C19H30N4O. The van der Waals surface area contributed by atoms with Gasteiger partial charge in [-0.25, -0.2) is 4.79 Å². The zero-order chi connectivity index (χ0) is 16.5. The lowest BCUT2D eigenvalue weighted by molar-refractivity contribution is 0.204. The number of nitrogens with zero attached hydrogens (tertiary/aromatic N) is 3. The number of likely N-dealkylation sites (tertiary alicyclic amines) is 1. The van der Waals surface area contributed by atoms with E-state index in [2.05, 4.69) is 16.6 Å². The van der Waals surface area contributed by atoms with Crippen molar-refractivity contribution in [3.05, 3.63) is 18.0 Å². The second-order valence-electron chi connectivity index (χ2n) is 8.18. The van der Waals surface area contributed by atoms with Gasteiger partial charge in [-0.3, -0.25) is 4.68 Å². The summed E-state index contributed by atoms with van der Waals surface area (Å²) < 4.78 is 1.85. The predicted octanol–water partition coefficient (Wildman–Crippen LogP) is 2.96. The van der Waals surface area contributed by atoms with E-state index in [1.807, 2.05) is 22.8 Å². The minimum Gasteiger partial charge on any atom is -0.335 e. The highest BCUT2D eigenvalue weighted by atomic mass is 16.2. The zero-order valence-electron chi connectivity index (χ0n) is 14.8. The molecule has 3 fully saturated rings. The van der Waals surface area contributed by atoms with E-state index in [-0.39, 0.29) is 6.03 Å². The van der Waals surface area contributed by atoms with Gasteiger partial charge in [0.1, 0.15) is 0 Å². The van der Waals surface area contributed by atoms with Gasteiger partial charge in [0.2, 0.25) is 0 Å². The van der Waals surface area contributed by atoms with Crippen molar-refractivity contribution in [2.45, 2.75) is 57.4 Å². The number of hydrogen-bond donors (Lipinski definition) is 1. The van der Waals surface area contributed by atoms with Crippen molar-refractivity contribution in [3.63, 3.8) is 0 Å². The molecule has 1 N–H and O–H groups in total. The van der Waals surface area contributed by atoms with Crippen LogP contribution < -0.4 is 5.32 Å². The molecule has 0 aromatic carbocycles. The minimum atomic E-state index is 0.173. The number of aryl methyl sites for hydroxylation is 1. The van der Waals surface area contributed by atoms with Crippen molar-refractivity contribution in [3.8, 4) is 0 Å². The second kappa shape index (κ2) is 6.77. The summed E-state index contributed by atoms with van der Waals surface area (Å²) in [5.41, 5.74) is 1.28. The van der Waals surface area contributed by atoms with Gasteiger partial charge in [-0.1, -0.05) is 32.1 Å². The van der Waals surface area contributed by atoms with Crippen molar-refractivity contribution >= 4 is 6.03 Å². The quantitative estimate of drug-likeness (QED) is 0.923. The molecule has 1 aromatic rings. The predicted molar refractivity (Wildman–Crippen MR) is 93.6 cm³/mol. The molecule has 1 aromatic heterocycles. The number of amides is 2. The van der Waals surface area contributed by atoms with Gasteiger partial charge in [-0.05, 0) is 42.6 Å². The molecule has 0 radical (unpaired) electrons. The molecule has 2 aliphatic carbocycles. The van der Waals surface area contributed by atoms with E-state index in [1.54, 1.807) is 0 Å². The maximum absolute atomic E-state index is 12.5. The Morgan fingerprint density at radius 3 is 2.88 bits per heavy atom. The Morgan fingerprint density at radius 2 is 2.12 bits per heavy atom. The monoisotopic (exact) mass is 330 g/mol. The average Bonchev–Trinajstić information content (AvgIpc) is 2.99. The molecule has 1 aliphatic heterocycles. The summed E-state index contributed by atoms with van der Waals surface area (Å²) >= 11 is 0. The fourth-order valence-electron chi connectivity index (χ4n) is 4.81. The minimum absolute atomic E-state index is 0.173. The van der Waals surface area contributed by atoms with Crippen LogP contribution in [0.3, 0.4) is 0 Å². The Morgan fingerprint density at radius 1 is 1.29 bits per heavy atom. The number of hydrogen-bond acceptors (Lipinski definition) is 2. The summed E-state index contributed by atoms with van der Waals surface area (Å²) in [7, 11) is 1.95. The SMILES string of the molecule is Cn1cc(C[C@@H]2CCN(C(=O)N[C@@H]3C[C@H]3C3CCCCC3)C2)cn1. The van der Waals surface area contributed by atoms with E-state index in [0.29, 0.717) is 12.0 Å². The molecule has 1 saturated heterocycles. The summed E-state index contributed by atoms with van der Waals surface area (Å²) in [5, 5.41) is 7.54. The molecule has 0 bridgehead atoms. The lowest BCUT2D eigenvalue weighted by atomic mass is 9.85. The number of carbonyl (C=O) groups is 1. The molecule has 2 heterocycles. The van der Waals surface area contributed by atoms with Crippen LogP contribution in [0.2, 0.25) is 0 Å². The van der Waals surface area contributed by atoms with Gasteiger partial charge >= 0.3 is 6.03 Å². The van der Waals surface area contributed by atoms with E-state index < -0.39 is 0 Å². The Balaban J connectivity index is 1.21. The van der Waals surface area contributed by atoms with Gasteiger partial charge in [0.15, 0.2) is 0 Å². The van der Waals surface area contributed by atoms with E-state index in [9.17, 15) is 4.79 Å². The van der Waals surface area contributed by atoms with Crippen LogP contribution in [0, 0.1) is 17.8 Å². The van der Waals surface area contributed by atoms with Crippen molar-refractivity contribution in [2.75, 3.05) is 13.1 Å². The van der Waals surface area contributed by atoms with E-state index in [1.165, 1.54) is 44.1 Å². The molecule has 2 saturated carbocycles. The standard InChI is InChI=1S/C19H30N4O/c1-22-12-15(11-20-22)9-14-7-8-23(13-14)19(24)21-18-10-17(18)16-5-3-2-4-6-16/h11-12,14,16-18H,2-10,13H2,1H3,(H,21,24)/t14-,17-,18+/m0/s1. The Kier molecular flexibility index (Phi) is 4.51. The molecule has 0 unspecified atom stereocenters. The third kappa shape index (κ3) is 3.60. The molecule has 4 rings (SSSR count). The number of urea groups is 1. The summed E-state index contributed by atoms with van der Waals surface area (Å²) in [6.45, 7) is 1.79. The fourth-order valence-corrected chi connectivity index (χ4v) is 4.81. The summed E-state index contributed by atoms with van der Waals surface area (Å²) in [6, 6.07) is 0.630. The molecular weight excluding hydrogens is 300 g/mol. The number of aromatic nitrogens is 2. The highest BCUT2D eigenvalue weighted by Gasteiger charge is 2.44. The Bertz CT molecular complexity index is 578. The molecule has 5 nitrogen and oxygen atoms in total. The van der Waals surface area contributed by atoms with Crippen LogP contribution in [0.25, 0.3) is 0 Å². The van der Waals surface area contributed by atoms with Crippen LogP contribution in [0.4, 0.5) is 4.79 Å². The van der Waals surface area contributed by atoms with Gasteiger partial charge in [0.25, 0.3) is 0 Å². The van der Waals surface area contributed by atoms with Crippen LogP contribution in [0.15, 0.2) is 12.4 Å². The average molecular weight is 330 g/mol. The number of nitrogens with one attached hydrogen (secondary N) is 1. The normalized spacial score (nSPS) is 30.5. The van der Waals surface area contributed by atoms with Crippen molar-refractivity contribution in [1.82, 2.24) is 20.0 Å². The topological polar surface area (TPSA) is 50.2 Å². The van der Waals surface area contributed by atoms with Gasteiger partial charge in [-0.2, -0.15) is 5.10 Å². The molecule has 3 atom stereocenters. The van der Waals surface area contributed by atoms with Crippen molar-refractivity contribution in [2.24, 2.45) is 24.8 Å². The molecule has 0 spiro atoms. The smallest absolute Gasteiger partial charge is 0.317 e. The first-order chi connectivity index (χ1) is 11.7. The number of carbonyl (C=O) groups excluding carboxylic acids is 1. The highest BCUT2D eigenvalue weighted by Crippen LogP contribution is 2.44. The number of rotatable bonds is 4. The first kappa shape index (κ1) is 16.0. The first-order valence-electron chi connectivity index (χ1n) is 9.72. The maximum atomic E-state index is 12.5. The van der Waals surface area contributed by atoms with Crippen LogP contribution in [-0.4, -0.2) is 39.8 Å². The van der Waals surface area contributed by atoms with Gasteiger partial charge in [-0.15, -0.1) is 0 Å². The van der Waals surface area contributed by atoms with Crippen molar-refractivity contribution in [1.29, 1.82) is 0 Å². The summed E-state index contributed by atoms with van der Waals surface area (Å²) in [4.78, 5) is 14.5. The van der Waals surface area contributed by atoms with Crippen LogP contribution in [0.1, 0.15) is 50.5 Å². The van der Waals surface area contributed by atoms with E-state index in [0.717, 1.165) is 37.8 Å². The van der Waals surface area contributed by atoms with Crippen LogP contribution in [0.5, 0.6) is 0 Å². The summed E-state index contributed by atoms with van der Waals surface area (Å²) in [5.74, 6) is 2.22. The lowest BCUT2D eigenvalue weighted by Crippen LogP contribution is -2.40. The largest absolute Gasteiger partial charge is 0.335 e. The molecule has 3 aliphatic rings. The molecule has 2 amide bonds. The first-order valence-corrected chi connectivity index (χ1v) is 9.72. The summed E-state index contributed by atoms with van der Waals surface area (Å²) in [6.07, 6.45) is 14.3. The van der Waals surface area contributed by atoms with Crippen LogP contribution in [-0.2, 0) is 13.5 Å². The third-order valence-corrected chi connectivity index (χ3v) is 6.26. The molecule has 132 valence electrons. The molecule has 5 heteroatoms. The van der Waals surface area contributed by atoms with E-state index in [4.69, 9.17) is 0 Å². The molecule has 24 heavy (non-hydrogen) atoms. The van der Waals surface area contributed by atoms with Gasteiger partial charge < -0.3 is 10.2 Å². The fraction of sp³-hybridized carbons (Fsp3) is 0.789. The highest BCUT2D eigenvalue weighted by molar-refractivity contribution is 5.75. The van der Waals surface area contributed by atoms with Crippen molar-refractivity contribution < 1.29 is 4.79 Å². The second-order valence-corrected chi connectivity index (χ2v) is 8.18. The van der Waals surface area contributed by atoms with Gasteiger partial charge in [0, 0.05) is 32.4 Å².